The van der Waals surface area contributed by atoms with Crippen molar-refractivity contribution in [1.29, 1.82) is 0 Å². The average molecular weight is 286 g/mol. The normalized spacial score (nSPS) is 10.7. The fourth-order valence-electron chi connectivity index (χ4n) is 2.00. The molecule has 5 heteroatoms. The van der Waals surface area contributed by atoms with E-state index in [1.807, 2.05) is 43.3 Å². The van der Waals surface area contributed by atoms with Gasteiger partial charge in [-0.3, -0.25) is 9.89 Å². The molecule has 1 heterocycles. The van der Waals surface area contributed by atoms with E-state index in [1.54, 1.807) is 6.07 Å². The summed E-state index contributed by atoms with van der Waals surface area (Å²) in [5.41, 5.74) is 2.82. The number of nitrogens with zero attached hydrogens (tertiary/aromatic N) is 1. The molecule has 2 aromatic carbocycles. The molecule has 4 nitrogen and oxygen atoms in total. The molecule has 1 aromatic heterocycles. The molecule has 20 heavy (non-hydrogen) atoms. The van der Waals surface area contributed by atoms with Crippen LogP contribution in [0.3, 0.4) is 0 Å². The zero-order valence-corrected chi connectivity index (χ0v) is 11.5. The molecule has 3 rings (SSSR count). The standard InChI is InChI=1S/C15H12ClN3O/c1-9-6-7-10(8-12(9)16)17-15(20)14-11-4-2-3-5-13(11)18-19-14/h2-8H,1H3,(H,17,20)(H,18,19). The average Bonchev–Trinajstić information content (AvgIpc) is 2.87. The van der Waals surface area contributed by atoms with E-state index in [0.29, 0.717) is 16.4 Å². The molecule has 0 fully saturated rings. The summed E-state index contributed by atoms with van der Waals surface area (Å²) < 4.78 is 0. The largest absolute Gasteiger partial charge is 0.321 e. The Balaban J connectivity index is 1.91. The van der Waals surface area contributed by atoms with E-state index in [9.17, 15) is 4.79 Å². The first kappa shape index (κ1) is 12.7. The highest BCUT2D eigenvalue weighted by molar-refractivity contribution is 6.31. The van der Waals surface area contributed by atoms with Gasteiger partial charge in [0.1, 0.15) is 0 Å². The maximum absolute atomic E-state index is 12.2. The lowest BCUT2D eigenvalue weighted by Crippen LogP contribution is -2.12. The molecule has 0 aliphatic heterocycles. The highest BCUT2D eigenvalue weighted by Gasteiger charge is 2.14. The van der Waals surface area contributed by atoms with E-state index in [1.165, 1.54) is 0 Å². The molecular weight excluding hydrogens is 274 g/mol. The third-order valence-corrected chi connectivity index (χ3v) is 3.52. The van der Waals surface area contributed by atoms with Gasteiger partial charge in [-0.1, -0.05) is 35.9 Å². The van der Waals surface area contributed by atoms with Gasteiger partial charge in [-0.2, -0.15) is 5.10 Å². The molecule has 0 saturated heterocycles. The molecular formula is C15H12ClN3O. The van der Waals surface area contributed by atoms with Gasteiger partial charge in [0.25, 0.3) is 5.91 Å². The zero-order chi connectivity index (χ0) is 14.1. The Hall–Kier alpha value is -2.33. The van der Waals surface area contributed by atoms with Crippen molar-refractivity contribution in [1.82, 2.24) is 10.2 Å². The molecule has 0 aliphatic rings. The van der Waals surface area contributed by atoms with Crippen LogP contribution in [0.2, 0.25) is 5.02 Å². The SMILES string of the molecule is Cc1ccc(NC(=O)c2n[nH]c3ccccc23)cc1Cl. The number of aryl methyl sites for hydroxylation is 1. The summed E-state index contributed by atoms with van der Waals surface area (Å²) in [6.45, 7) is 1.91. The van der Waals surface area contributed by atoms with E-state index in [4.69, 9.17) is 11.6 Å². The van der Waals surface area contributed by atoms with Gasteiger partial charge in [0.05, 0.1) is 5.52 Å². The third kappa shape index (κ3) is 2.26. The van der Waals surface area contributed by atoms with Crippen molar-refractivity contribution < 1.29 is 4.79 Å². The number of nitrogens with one attached hydrogen (secondary N) is 2. The van der Waals surface area contributed by atoms with Gasteiger partial charge in [0.2, 0.25) is 0 Å². The summed E-state index contributed by atoms with van der Waals surface area (Å²) in [6, 6.07) is 12.9. The van der Waals surface area contributed by atoms with E-state index in [2.05, 4.69) is 15.5 Å². The number of halogens is 1. The number of anilines is 1. The predicted molar refractivity (Wildman–Crippen MR) is 80.2 cm³/mol. The Morgan fingerprint density at radius 2 is 2.05 bits per heavy atom. The lowest BCUT2D eigenvalue weighted by atomic mass is 10.2. The van der Waals surface area contributed by atoms with Gasteiger partial charge < -0.3 is 5.32 Å². The van der Waals surface area contributed by atoms with Crippen LogP contribution in [-0.4, -0.2) is 16.1 Å². The Kier molecular flexibility index (Phi) is 3.16. The molecule has 0 spiro atoms. The summed E-state index contributed by atoms with van der Waals surface area (Å²) in [5, 5.41) is 11.1. The first-order chi connectivity index (χ1) is 9.65. The fraction of sp³-hybridized carbons (Fsp3) is 0.0667. The van der Waals surface area contributed by atoms with Crippen molar-refractivity contribution in [3.8, 4) is 0 Å². The van der Waals surface area contributed by atoms with E-state index < -0.39 is 0 Å². The first-order valence-corrected chi connectivity index (χ1v) is 6.53. The number of aromatic nitrogens is 2. The molecule has 100 valence electrons. The lowest BCUT2D eigenvalue weighted by molar-refractivity contribution is 0.102. The van der Waals surface area contributed by atoms with Crippen LogP contribution >= 0.6 is 11.6 Å². The van der Waals surface area contributed by atoms with Gasteiger partial charge in [-0.25, -0.2) is 0 Å². The lowest BCUT2D eigenvalue weighted by Gasteiger charge is -2.05. The van der Waals surface area contributed by atoms with Gasteiger partial charge in [-0.15, -0.1) is 0 Å². The third-order valence-electron chi connectivity index (χ3n) is 3.12. The smallest absolute Gasteiger partial charge is 0.276 e. The number of para-hydroxylation sites is 1. The number of amides is 1. The van der Waals surface area contributed by atoms with Gasteiger partial charge in [0.15, 0.2) is 5.69 Å². The highest BCUT2D eigenvalue weighted by atomic mass is 35.5. The maximum Gasteiger partial charge on any atom is 0.276 e. The summed E-state index contributed by atoms with van der Waals surface area (Å²) in [7, 11) is 0. The summed E-state index contributed by atoms with van der Waals surface area (Å²) in [5.74, 6) is -0.262. The minimum atomic E-state index is -0.262. The van der Waals surface area contributed by atoms with Crippen molar-refractivity contribution in [2.45, 2.75) is 6.92 Å². The monoisotopic (exact) mass is 285 g/mol. The highest BCUT2D eigenvalue weighted by Crippen LogP contribution is 2.21. The van der Waals surface area contributed by atoms with Crippen molar-refractivity contribution in [3.63, 3.8) is 0 Å². The van der Waals surface area contributed by atoms with Crippen LogP contribution in [-0.2, 0) is 0 Å². The second-order valence-electron chi connectivity index (χ2n) is 4.54. The van der Waals surface area contributed by atoms with Gasteiger partial charge >= 0.3 is 0 Å². The van der Waals surface area contributed by atoms with Crippen LogP contribution in [0, 0.1) is 6.92 Å². The molecule has 0 unspecified atom stereocenters. The molecule has 1 amide bonds. The Bertz CT molecular complexity index is 795. The van der Waals surface area contributed by atoms with Crippen molar-refractivity contribution in [3.05, 3.63) is 58.7 Å². The molecule has 0 radical (unpaired) electrons. The summed E-state index contributed by atoms with van der Waals surface area (Å²) >= 11 is 6.04. The summed E-state index contributed by atoms with van der Waals surface area (Å²) in [4.78, 5) is 12.2. The van der Waals surface area contributed by atoms with Crippen molar-refractivity contribution in [2.75, 3.05) is 5.32 Å². The topological polar surface area (TPSA) is 57.8 Å². The Morgan fingerprint density at radius 1 is 1.25 bits per heavy atom. The number of rotatable bonds is 2. The van der Waals surface area contributed by atoms with E-state index in [-0.39, 0.29) is 5.91 Å². The van der Waals surface area contributed by atoms with E-state index >= 15 is 0 Å². The van der Waals surface area contributed by atoms with Crippen LogP contribution in [0.25, 0.3) is 10.9 Å². The zero-order valence-electron chi connectivity index (χ0n) is 10.8. The molecule has 0 bridgehead atoms. The number of H-pyrrole nitrogens is 1. The van der Waals surface area contributed by atoms with E-state index in [0.717, 1.165) is 16.5 Å². The molecule has 0 atom stereocenters. The fourth-order valence-corrected chi connectivity index (χ4v) is 2.18. The predicted octanol–water partition coefficient (Wildman–Crippen LogP) is 3.78. The summed E-state index contributed by atoms with van der Waals surface area (Å²) in [6.07, 6.45) is 0. The minimum Gasteiger partial charge on any atom is -0.321 e. The Labute approximate surface area is 120 Å². The molecule has 0 aliphatic carbocycles. The second kappa shape index (κ2) is 4.98. The van der Waals surface area contributed by atoms with Gasteiger partial charge in [0, 0.05) is 16.1 Å². The van der Waals surface area contributed by atoms with Crippen LogP contribution < -0.4 is 5.32 Å². The van der Waals surface area contributed by atoms with Crippen LogP contribution in [0.15, 0.2) is 42.5 Å². The first-order valence-electron chi connectivity index (χ1n) is 6.16. The van der Waals surface area contributed by atoms with Gasteiger partial charge in [-0.05, 0) is 30.7 Å². The number of fused-ring (bicyclic) bond motifs is 1. The number of carbonyl (C=O) groups excluding carboxylic acids is 1. The number of hydrogen-bond acceptors (Lipinski definition) is 2. The van der Waals surface area contributed by atoms with Crippen molar-refractivity contribution >= 4 is 34.1 Å². The number of benzene rings is 2. The quantitative estimate of drug-likeness (QED) is 0.753. The Morgan fingerprint density at radius 3 is 2.85 bits per heavy atom. The number of carbonyl (C=O) groups is 1. The number of aromatic amines is 1. The maximum atomic E-state index is 12.2. The molecule has 3 aromatic rings. The molecule has 0 saturated carbocycles. The molecule has 2 N–H and O–H groups in total. The second-order valence-corrected chi connectivity index (χ2v) is 4.94. The number of hydrogen-bond donors (Lipinski definition) is 2. The van der Waals surface area contributed by atoms with Crippen molar-refractivity contribution in [2.24, 2.45) is 0 Å². The van der Waals surface area contributed by atoms with Crippen LogP contribution in [0.1, 0.15) is 16.1 Å². The minimum absolute atomic E-state index is 0.262. The van der Waals surface area contributed by atoms with Crippen LogP contribution in [0.4, 0.5) is 5.69 Å². The van der Waals surface area contributed by atoms with Crippen LogP contribution in [0.5, 0.6) is 0 Å².